The average Bonchev–Trinajstić information content (AvgIpc) is 2.92. The highest BCUT2D eigenvalue weighted by molar-refractivity contribution is 5.24. The van der Waals surface area contributed by atoms with Gasteiger partial charge in [-0.1, -0.05) is 58.6 Å². The van der Waals surface area contributed by atoms with Crippen molar-refractivity contribution in [2.75, 3.05) is 0 Å². The summed E-state index contributed by atoms with van der Waals surface area (Å²) in [6, 6.07) is 0. The number of hydrogen-bond acceptors (Lipinski definition) is 0. The van der Waals surface area contributed by atoms with Crippen LogP contribution in [0.15, 0.2) is 11.6 Å². The lowest BCUT2D eigenvalue weighted by Gasteiger charge is -2.58. The highest BCUT2D eigenvalue weighted by Crippen LogP contribution is 2.67. The molecule has 4 rings (SSSR count). The molecule has 6 unspecified atom stereocenters. The van der Waals surface area contributed by atoms with E-state index < -0.39 is 0 Å². The molecular formula is C25H42. The predicted molar refractivity (Wildman–Crippen MR) is 108 cm³/mol. The maximum atomic E-state index is 2.74. The van der Waals surface area contributed by atoms with E-state index in [1.807, 2.05) is 5.57 Å². The van der Waals surface area contributed by atoms with Crippen LogP contribution in [0.2, 0.25) is 0 Å². The summed E-state index contributed by atoms with van der Waals surface area (Å²) in [6.45, 7) is 10.2. The highest BCUT2D eigenvalue weighted by atomic mass is 14.6. The summed E-state index contributed by atoms with van der Waals surface area (Å²) in [6.07, 6.45) is 20.5. The number of allylic oxidation sites excluding steroid dienone is 2. The van der Waals surface area contributed by atoms with Gasteiger partial charge < -0.3 is 0 Å². The van der Waals surface area contributed by atoms with Crippen LogP contribution in [-0.2, 0) is 0 Å². The fourth-order valence-electron chi connectivity index (χ4n) is 8.07. The molecule has 0 nitrogen and oxygen atoms in total. The van der Waals surface area contributed by atoms with Crippen molar-refractivity contribution in [3.05, 3.63) is 11.6 Å². The van der Waals surface area contributed by atoms with Gasteiger partial charge in [0.2, 0.25) is 0 Å². The molecule has 0 saturated heterocycles. The van der Waals surface area contributed by atoms with Crippen molar-refractivity contribution in [3.8, 4) is 0 Å². The highest BCUT2D eigenvalue weighted by Gasteiger charge is 2.58. The molecule has 0 heteroatoms. The van der Waals surface area contributed by atoms with Crippen LogP contribution in [0.5, 0.6) is 0 Å². The lowest BCUT2D eigenvalue weighted by molar-refractivity contribution is -0.0450. The Kier molecular flexibility index (Phi) is 4.87. The predicted octanol–water partition coefficient (Wildman–Crippen LogP) is 7.78. The SMILES string of the molecule is CCCCCC1CCC2C3CC=C4CC(C)CCC4(C)C3CC[C@]12C. The van der Waals surface area contributed by atoms with Gasteiger partial charge in [0.1, 0.15) is 0 Å². The minimum atomic E-state index is 0.567. The van der Waals surface area contributed by atoms with Gasteiger partial charge in [0.05, 0.1) is 0 Å². The molecule has 0 amide bonds. The maximum absolute atomic E-state index is 2.74. The van der Waals surface area contributed by atoms with E-state index in [0.717, 1.165) is 29.6 Å². The van der Waals surface area contributed by atoms with Gasteiger partial charge in [-0.25, -0.2) is 0 Å². The van der Waals surface area contributed by atoms with E-state index in [9.17, 15) is 0 Å². The molecule has 0 N–H and O–H groups in total. The Morgan fingerprint density at radius 3 is 2.64 bits per heavy atom. The van der Waals surface area contributed by atoms with E-state index in [4.69, 9.17) is 0 Å². The quantitative estimate of drug-likeness (QED) is 0.361. The molecule has 25 heavy (non-hydrogen) atoms. The number of fused-ring (bicyclic) bond motifs is 5. The normalized spacial score (nSPS) is 49.1. The van der Waals surface area contributed by atoms with E-state index >= 15 is 0 Å². The molecule has 0 aliphatic heterocycles. The second kappa shape index (κ2) is 6.72. The number of unbranched alkanes of at least 4 members (excludes halogenated alkanes) is 2. The van der Waals surface area contributed by atoms with Gasteiger partial charge in [-0.3, -0.25) is 0 Å². The Morgan fingerprint density at radius 2 is 1.84 bits per heavy atom. The summed E-state index contributed by atoms with van der Waals surface area (Å²) in [7, 11) is 0. The lowest BCUT2D eigenvalue weighted by atomic mass is 9.47. The molecule has 0 aromatic rings. The number of hydrogen-bond donors (Lipinski definition) is 0. The third-order valence-electron chi connectivity index (χ3n) is 9.70. The molecule has 0 aromatic carbocycles. The first-order valence-electron chi connectivity index (χ1n) is 11.7. The fraction of sp³-hybridized carbons (Fsp3) is 0.920. The van der Waals surface area contributed by atoms with E-state index in [1.165, 1.54) is 64.2 Å². The molecule has 3 fully saturated rings. The topological polar surface area (TPSA) is 0 Å². The van der Waals surface area contributed by atoms with Crippen molar-refractivity contribution >= 4 is 0 Å². The fourth-order valence-corrected chi connectivity index (χ4v) is 8.07. The molecule has 3 saturated carbocycles. The van der Waals surface area contributed by atoms with Crippen LogP contribution in [0.4, 0.5) is 0 Å². The molecular weight excluding hydrogens is 300 g/mol. The van der Waals surface area contributed by atoms with Gasteiger partial charge in [0.15, 0.2) is 0 Å². The minimum Gasteiger partial charge on any atom is -0.0845 e. The molecule has 7 atom stereocenters. The largest absolute Gasteiger partial charge is 0.0845 e. The second-order valence-electron chi connectivity index (χ2n) is 10.9. The molecule has 0 radical (unpaired) electrons. The summed E-state index contributed by atoms with van der Waals surface area (Å²) in [5.74, 6) is 5.02. The summed E-state index contributed by atoms with van der Waals surface area (Å²) in [5, 5.41) is 0. The molecule has 0 bridgehead atoms. The van der Waals surface area contributed by atoms with E-state index in [1.54, 1.807) is 12.8 Å². The number of rotatable bonds is 4. The first-order valence-corrected chi connectivity index (χ1v) is 11.7. The van der Waals surface area contributed by atoms with Crippen LogP contribution in [0, 0.1) is 40.4 Å². The minimum absolute atomic E-state index is 0.567. The second-order valence-corrected chi connectivity index (χ2v) is 10.9. The third-order valence-corrected chi connectivity index (χ3v) is 9.70. The van der Waals surface area contributed by atoms with Crippen molar-refractivity contribution in [2.24, 2.45) is 40.4 Å². The van der Waals surface area contributed by atoms with Gasteiger partial charge in [0, 0.05) is 0 Å². The van der Waals surface area contributed by atoms with Crippen LogP contribution >= 0.6 is 0 Å². The average molecular weight is 343 g/mol. The van der Waals surface area contributed by atoms with Crippen LogP contribution in [-0.4, -0.2) is 0 Å². The zero-order chi connectivity index (χ0) is 17.7. The van der Waals surface area contributed by atoms with Crippen molar-refractivity contribution in [3.63, 3.8) is 0 Å². The zero-order valence-corrected chi connectivity index (χ0v) is 17.4. The Hall–Kier alpha value is -0.260. The van der Waals surface area contributed by atoms with E-state index in [-0.39, 0.29) is 0 Å². The molecule has 4 aliphatic rings. The standard InChI is InChI=1S/C25H42/c1-5-6-7-8-19-10-12-22-21-11-9-20-17-18(2)13-15-25(20,4)23(21)14-16-24(19,22)3/h9,18-19,21-23H,5-8,10-17H2,1-4H3/t18?,19?,21?,22?,23?,24-,25?/m1/s1. The zero-order valence-electron chi connectivity index (χ0n) is 17.4. The Bertz CT molecular complexity index is 516. The van der Waals surface area contributed by atoms with E-state index in [2.05, 4.69) is 33.8 Å². The summed E-state index contributed by atoms with van der Waals surface area (Å²) >= 11 is 0. The molecule has 0 aromatic heterocycles. The Balaban J connectivity index is 1.54. The summed E-state index contributed by atoms with van der Waals surface area (Å²) < 4.78 is 0. The molecule has 0 spiro atoms. The van der Waals surface area contributed by atoms with Crippen LogP contribution < -0.4 is 0 Å². The van der Waals surface area contributed by atoms with Crippen LogP contribution in [0.3, 0.4) is 0 Å². The Morgan fingerprint density at radius 1 is 1.00 bits per heavy atom. The van der Waals surface area contributed by atoms with Gasteiger partial charge in [-0.2, -0.15) is 0 Å². The van der Waals surface area contributed by atoms with E-state index in [0.29, 0.717) is 10.8 Å². The van der Waals surface area contributed by atoms with Gasteiger partial charge >= 0.3 is 0 Å². The van der Waals surface area contributed by atoms with Crippen molar-refractivity contribution in [2.45, 2.75) is 105 Å². The first kappa shape index (κ1) is 18.1. The van der Waals surface area contributed by atoms with Gasteiger partial charge in [-0.15, -0.1) is 0 Å². The van der Waals surface area contributed by atoms with Crippen LogP contribution in [0.1, 0.15) is 105 Å². The van der Waals surface area contributed by atoms with Crippen molar-refractivity contribution in [1.29, 1.82) is 0 Å². The monoisotopic (exact) mass is 342 g/mol. The van der Waals surface area contributed by atoms with Gasteiger partial charge in [0.25, 0.3) is 0 Å². The summed E-state index contributed by atoms with van der Waals surface area (Å²) in [5.41, 5.74) is 3.11. The van der Waals surface area contributed by atoms with Gasteiger partial charge in [-0.05, 0) is 98.2 Å². The van der Waals surface area contributed by atoms with Crippen molar-refractivity contribution < 1.29 is 0 Å². The molecule has 4 aliphatic carbocycles. The van der Waals surface area contributed by atoms with Crippen molar-refractivity contribution in [1.82, 2.24) is 0 Å². The smallest absolute Gasteiger partial charge is 0.00851 e. The molecule has 0 heterocycles. The summed E-state index contributed by atoms with van der Waals surface area (Å²) in [4.78, 5) is 0. The van der Waals surface area contributed by atoms with Crippen LogP contribution in [0.25, 0.3) is 0 Å². The lowest BCUT2D eigenvalue weighted by Crippen LogP contribution is -2.49. The first-order chi connectivity index (χ1) is 12.0. The third kappa shape index (κ3) is 2.85. The Labute approximate surface area is 157 Å². The molecule has 142 valence electrons. The maximum Gasteiger partial charge on any atom is -0.00851 e.